The van der Waals surface area contributed by atoms with E-state index in [9.17, 15) is 19.5 Å². The highest BCUT2D eigenvalue weighted by atomic mass is 35.5. The van der Waals surface area contributed by atoms with Gasteiger partial charge >= 0.3 is 11.9 Å². The minimum Gasteiger partial charge on any atom is -0.479 e. The zero-order valence-corrected chi connectivity index (χ0v) is 18.7. The van der Waals surface area contributed by atoms with Crippen LogP contribution in [0.5, 0.6) is 5.75 Å². The number of carboxylic acid groups (broad SMARTS) is 2. The fourth-order valence-electron chi connectivity index (χ4n) is 3.84. The molecule has 0 spiro atoms. The second-order valence-electron chi connectivity index (χ2n) is 7.57. The smallest absolute Gasteiger partial charge is 0.349 e. The average molecular weight is 466 g/mol. The number of nitrogens with zero attached hydrogens (tertiary/aromatic N) is 1. The first-order chi connectivity index (χ1) is 14.8. The van der Waals surface area contributed by atoms with Gasteiger partial charge in [0, 0.05) is 19.2 Å². The van der Waals surface area contributed by atoms with Gasteiger partial charge in [0.1, 0.15) is 5.02 Å². The van der Waals surface area contributed by atoms with Crippen molar-refractivity contribution in [3.8, 4) is 16.2 Å². The largest absolute Gasteiger partial charge is 0.479 e. The number of carboxylic acids is 2. The summed E-state index contributed by atoms with van der Waals surface area (Å²) in [5, 5.41) is 18.4. The van der Waals surface area contributed by atoms with Crippen LogP contribution in [-0.4, -0.2) is 41.2 Å². The molecule has 7 nitrogen and oxygen atoms in total. The average Bonchev–Trinajstić information content (AvgIpc) is 3.07. The van der Waals surface area contributed by atoms with Crippen molar-refractivity contribution in [2.75, 3.05) is 18.1 Å². The Hall–Kier alpha value is -2.58. The van der Waals surface area contributed by atoms with Gasteiger partial charge in [0.05, 0.1) is 4.88 Å². The van der Waals surface area contributed by atoms with Crippen molar-refractivity contribution in [3.05, 3.63) is 34.2 Å². The molecule has 0 atom stereocenters. The van der Waals surface area contributed by atoms with Crippen LogP contribution in [0.2, 0.25) is 5.02 Å². The minimum atomic E-state index is -1.25. The van der Waals surface area contributed by atoms with Crippen LogP contribution >= 0.6 is 22.9 Å². The third kappa shape index (κ3) is 5.57. The molecule has 0 saturated heterocycles. The molecule has 1 fully saturated rings. The van der Waals surface area contributed by atoms with Crippen molar-refractivity contribution in [2.45, 2.75) is 39.0 Å². The topological polar surface area (TPSA) is 104 Å². The maximum Gasteiger partial charge on any atom is 0.349 e. The predicted octanol–water partition coefficient (Wildman–Crippen LogP) is 5.16. The SMILES string of the molecule is CC(=O)N(CC1CCCCC1)c1cccc(-c2sc(C(=O)O)c(OCC(=O)O)c2Cl)c1. The van der Waals surface area contributed by atoms with Crippen LogP contribution in [0.4, 0.5) is 5.69 Å². The number of anilines is 1. The highest BCUT2D eigenvalue weighted by Crippen LogP contribution is 2.46. The lowest BCUT2D eigenvalue weighted by Crippen LogP contribution is -2.34. The summed E-state index contributed by atoms with van der Waals surface area (Å²) in [7, 11) is 0. The summed E-state index contributed by atoms with van der Waals surface area (Å²) in [6, 6.07) is 7.20. The lowest BCUT2D eigenvalue weighted by Gasteiger charge is -2.29. The number of hydrogen-bond donors (Lipinski definition) is 2. The van der Waals surface area contributed by atoms with E-state index in [1.165, 1.54) is 26.2 Å². The zero-order valence-electron chi connectivity index (χ0n) is 17.1. The first-order valence-corrected chi connectivity index (χ1v) is 11.3. The lowest BCUT2D eigenvalue weighted by molar-refractivity contribution is -0.139. The molecule has 1 aliphatic carbocycles. The van der Waals surface area contributed by atoms with Gasteiger partial charge in [-0.1, -0.05) is 43.0 Å². The zero-order chi connectivity index (χ0) is 22.5. The second-order valence-corrected chi connectivity index (χ2v) is 8.97. The Bertz CT molecular complexity index is 982. The Labute approximate surface area is 189 Å². The molecule has 3 rings (SSSR count). The first-order valence-electron chi connectivity index (χ1n) is 10.1. The maximum atomic E-state index is 12.4. The maximum absolute atomic E-state index is 12.4. The molecule has 166 valence electrons. The predicted molar refractivity (Wildman–Crippen MR) is 119 cm³/mol. The van der Waals surface area contributed by atoms with Gasteiger partial charge < -0.3 is 19.8 Å². The number of rotatable bonds is 8. The summed E-state index contributed by atoms with van der Waals surface area (Å²) < 4.78 is 5.14. The van der Waals surface area contributed by atoms with Crippen LogP contribution < -0.4 is 9.64 Å². The number of hydrogen-bond acceptors (Lipinski definition) is 5. The molecular weight excluding hydrogens is 442 g/mol. The molecule has 2 N–H and O–H groups in total. The van der Waals surface area contributed by atoms with Crippen molar-refractivity contribution < 1.29 is 29.3 Å². The van der Waals surface area contributed by atoms with Gasteiger partial charge in [-0.15, -0.1) is 11.3 Å². The van der Waals surface area contributed by atoms with Crippen molar-refractivity contribution in [1.82, 2.24) is 0 Å². The van der Waals surface area contributed by atoms with Crippen LogP contribution in [0.3, 0.4) is 0 Å². The van der Waals surface area contributed by atoms with Crippen LogP contribution in [0.1, 0.15) is 48.7 Å². The summed E-state index contributed by atoms with van der Waals surface area (Å²) in [6.45, 7) is 1.48. The fraction of sp³-hybridized carbons (Fsp3) is 0.409. The van der Waals surface area contributed by atoms with Crippen molar-refractivity contribution >= 4 is 46.5 Å². The number of ether oxygens (including phenoxy) is 1. The number of carbonyl (C=O) groups excluding carboxylic acids is 1. The van der Waals surface area contributed by atoms with E-state index < -0.39 is 18.5 Å². The molecule has 0 unspecified atom stereocenters. The van der Waals surface area contributed by atoms with Gasteiger partial charge in [-0.2, -0.15) is 0 Å². The lowest BCUT2D eigenvalue weighted by atomic mass is 9.89. The number of amides is 1. The quantitative estimate of drug-likeness (QED) is 0.557. The fourth-order valence-corrected chi connectivity index (χ4v) is 5.25. The highest BCUT2D eigenvalue weighted by molar-refractivity contribution is 7.18. The molecule has 1 amide bonds. The van der Waals surface area contributed by atoms with Crippen LogP contribution in [0.15, 0.2) is 24.3 Å². The monoisotopic (exact) mass is 465 g/mol. The number of aliphatic carboxylic acids is 1. The van der Waals surface area contributed by atoms with E-state index in [1.807, 2.05) is 6.07 Å². The molecule has 1 aliphatic rings. The Morgan fingerprint density at radius 3 is 2.52 bits per heavy atom. The van der Waals surface area contributed by atoms with E-state index in [0.29, 0.717) is 28.6 Å². The van der Waals surface area contributed by atoms with Gasteiger partial charge in [0.2, 0.25) is 5.91 Å². The summed E-state index contributed by atoms with van der Waals surface area (Å²) in [6.07, 6.45) is 5.80. The number of carbonyl (C=O) groups is 3. The van der Waals surface area contributed by atoms with Gasteiger partial charge in [-0.25, -0.2) is 9.59 Å². The highest BCUT2D eigenvalue weighted by Gasteiger charge is 2.26. The van der Waals surface area contributed by atoms with Gasteiger partial charge in [0.15, 0.2) is 17.2 Å². The number of thiophene rings is 1. The summed E-state index contributed by atoms with van der Waals surface area (Å²) in [5.41, 5.74) is 1.35. The Morgan fingerprint density at radius 1 is 1.19 bits per heavy atom. The molecule has 2 aromatic rings. The number of aromatic carboxylic acids is 1. The second kappa shape index (κ2) is 10.2. The molecule has 9 heteroatoms. The Balaban J connectivity index is 1.94. The van der Waals surface area contributed by atoms with E-state index in [0.717, 1.165) is 24.2 Å². The molecule has 0 bridgehead atoms. The van der Waals surface area contributed by atoms with Gasteiger partial charge in [-0.05, 0) is 36.5 Å². The normalized spacial score (nSPS) is 14.3. The molecule has 1 saturated carbocycles. The Morgan fingerprint density at radius 2 is 1.90 bits per heavy atom. The van der Waals surface area contributed by atoms with Crippen molar-refractivity contribution in [1.29, 1.82) is 0 Å². The van der Waals surface area contributed by atoms with Gasteiger partial charge in [0.25, 0.3) is 0 Å². The number of halogens is 1. The molecule has 1 aromatic heterocycles. The van der Waals surface area contributed by atoms with Crippen LogP contribution in [-0.2, 0) is 9.59 Å². The summed E-state index contributed by atoms with van der Waals surface area (Å²) in [5.74, 6) is -2.25. The summed E-state index contributed by atoms with van der Waals surface area (Å²) >= 11 is 7.30. The van der Waals surface area contributed by atoms with E-state index >= 15 is 0 Å². The first kappa shape index (κ1) is 23.1. The third-order valence-electron chi connectivity index (χ3n) is 5.31. The molecule has 1 heterocycles. The summed E-state index contributed by atoms with van der Waals surface area (Å²) in [4.78, 5) is 36.9. The minimum absolute atomic E-state index is 0.0439. The van der Waals surface area contributed by atoms with E-state index in [1.54, 1.807) is 23.1 Å². The van der Waals surface area contributed by atoms with Crippen LogP contribution in [0.25, 0.3) is 10.4 Å². The van der Waals surface area contributed by atoms with E-state index in [-0.39, 0.29) is 21.6 Å². The van der Waals surface area contributed by atoms with Crippen molar-refractivity contribution in [2.24, 2.45) is 5.92 Å². The van der Waals surface area contributed by atoms with E-state index in [4.69, 9.17) is 21.4 Å². The molecule has 1 aromatic carbocycles. The molecule has 0 aliphatic heterocycles. The molecular formula is C22H24ClNO6S. The van der Waals surface area contributed by atoms with Gasteiger partial charge in [-0.3, -0.25) is 4.79 Å². The van der Waals surface area contributed by atoms with Crippen LogP contribution in [0, 0.1) is 5.92 Å². The Kier molecular flexibility index (Phi) is 7.56. The standard InChI is InChI=1S/C22H24ClNO6S/c1-13(25)24(11-14-6-3-2-4-7-14)16-9-5-8-15(10-16)20-18(23)19(30-12-17(26)27)21(31-20)22(28)29/h5,8-10,14H,2-4,6-7,11-12H2,1H3,(H,26,27)(H,28,29). The third-order valence-corrected chi connectivity index (χ3v) is 6.99. The molecule has 0 radical (unpaired) electrons. The van der Waals surface area contributed by atoms with Crippen molar-refractivity contribution in [3.63, 3.8) is 0 Å². The number of benzene rings is 1. The van der Waals surface area contributed by atoms with E-state index in [2.05, 4.69) is 0 Å². The molecule has 31 heavy (non-hydrogen) atoms.